The van der Waals surface area contributed by atoms with Crippen LogP contribution in [0.4, 0.5) is 0 Å². The molecular formula is C22H24N4O2S. The summed E-state index contributed by atoms with van der Waals surface area (Å²) in [6, 6.07) is 11.9. The Kier molecular flexibility index (Phi) is 3.75. The molecule has 0 spiro atoms. The molecular weight excluding hydrogens is 384 g/mol. The van der Waals surface area contributed by atoms with Crippen molar-refractivity contribution in [2.75, 3.05) is 13.1 Å². The zero-order valence-electron chi connectivity index (χ0n) is 16.8. The van der Waals surface area contributed by atoms with Crippen LogP contribution in [0.15, 0.2) is 36.4 Å². The van der Waals surface area contributed by atoms with Crippen LogP contribution in [0.5, 0.6) is 0 Å². The van der Waals surface area contributed by atoms with Crippen LogP contribution in [-0.2, 0) is 11.8 Å². The van der Waals surface area contributed by atoms with Gasteiger partial charge in [0.15, 0.2) is 0 Å². The topological polar surface area (TPSA) is 81.2 Å². The Morgan fingerprint density at radius 1 is 1.24 bits per heavy atom. The maximum atomic E-state index is 13.3. The van der Waals surface area contributed by atoms with Gasteiger partial charge in [0.25, 0.3) is 5.91 Å². The molecule has 2 aliphatic rings. The van der Waals surface area contributed by atoms with E-state index in [1.807, 2.05) is 53.0 Å². The average Bonchev–Trinajstić information content (AvgIpc) is 3.34. The van der Waals surface area contributed by atoms with Gasteiger partial charge in [-0.05, 0) is 23.8 Å². The predicted molar refractivity (Wildman–Crippen MR) is 113 cm³/mol. The summed E-state index contributed by atoms with van der Waals surface area (Å²) < 4.78 is 1.83. The minimum absolute atomic E-state index is 0.0176. The van der Waals surface area contributed by atoms with Crippen molar-refractivity contribution in [1.29, 1.82) is 0 Å². The second-order valence-corrected chi connectivity index (χ2v) is 10.1. The molecule has 3 heterocycles. The highest BCUT2D eigenvalue weighted by Gasteiger charge is 2.66. The van der Waals surface area contributed by atoms with Gasteiger partial charge in [-0.3, -0.25) is 14.3 Å². The molecule has 1 saturated heterocycles. The molecule has 1 aliphatic carbocycles. The number of aromatic nitrogens is 2. The number of hydrogen-bond donors (Lipinski definition) is 1. The van der Waals surface area contributed by atoms with Crippen molar-refractivity contribution in [3.63, 3.8) is 0 Å². The molecule has 2 N–H and O–H groups in total. The monoisotopic (exact) mass is 408 g/mol. The lowest BCUT2D eigenvalue weighted by Crippen LogP contribution is -2.59. The SMILES string of the molecule is Cn1nc(-c2ccccc2)c2cc(C(=O)N3C[C@@H]4C(C)(C)C[C@]4(C(N)=O)C3)sc21. The quantitative estimate of drug-likeness (QED) is 0.722. The zero-order valence-corrected chi connectivity index (χ0v) is 17.6. The third-order valence-corrected chi connectivity index (χ3v) is 7.99. The predicted octanol–water partition coefficient (Wildman–Crippen LogP) is 3.28. The third-order valence-electron chi connectivity index (χ3n) is 6.80. The van der Waals surface area contributed by atoms with Crippen LogP contribution in [-0.4, -0.2) is 39.6 Å². The molecule has 5 rings (SSSR count). The average molecular weight is 409 g/mol. The number of rotatable bonds is 3. The van der Waals surface area contributed by atoms with Gasteiger partial charge < -0.3 is 10.6 Å². The summed E-state index contributed by atoms with van der Waals surface area (Å²) in [6.07, 6.45) is 0.748. The molecule has 0 radical (unpaired) electrons. The second kappa shape index (κ2) is 5.92. The number of nitrogens with two attached hydrogens (primary N) is 1. The minimum atomic E-state index is -0.563. The molecule has 150 valence electrons. The van der Waals surface area contributed by atoms with Gasteiger partial charge >= 0.3 is 0 Å². The number of benzene rings is 1. The van der Waals surface area contributed by atoms with Gasteiger partial charge in [0, 0.05) is 31.1 Å². The molecule has 6 nitrogen and oxygen atoms in total. The number of aryl methyl sites for hydroxylation is 1. The molecule has 2 amide bonds. The summed E-state index contributed by atoms with van der Waals surface area (Å²) >= 11 is 1.46. The van der Waals surface area contributed by atoms with Crippen LogP contribution < -0.4 is 5.73 Å². The molecule has 0 unspecified atom stereocenters. The Bertz CT molecular complexity index is 1150. The normalized spacial score (nSPS) is 25.1. The maximum absolute atomic E-state index is 13.3. The number of hydrogen-bond acceptors (Lipinski definition) is 4. The zero-order chi connectivity index (χ0) is 20.6. The lowest BCUT2D eigenvalue weighted by Gasteiger charge is -2.54. The summed E-state index contributed by atoms with van der Waals surface area (Å²) in [5, 5.41) is 5.63. The van der Waals surface area contributed by atoms with Gasteiger partial charge in [-0.15, -0.1) is 11.3 Å². The third kappa shape index (κ3) is 2.50. The summed E-state index contributed by atoms with van der Waals surface area (Å²) in [5.74, 6) is -0.160. The molecule has 2 atom stereocenters. The van der Waals surface area contributed by atoms with Crippen molar-refractivity contribution >= 4 is 33.4 Å². The summed E-state index contributed by atoms with van der Waals surface area (Å²) in [4.78, 5) is 29.0. The lowest BCUT2D eigenvalue weighted by molar-refractivity contribution is -0.148. The van der Waals surface area contributed by atoms with E-state index in [4.69, 9.17) is 5.73 Å². The van der Waals surface area contributed by atoms with E-state index in [1.165, 1.54) is 11.3 Å². The van der Waals surface area contributed by atoms with Gasteiger partial charge in [-0.25, -0.2) is 0 Å². The first-order valence-corrected chi connectivity index (χ1v) is 10.7. The Hall–Kier alpha value is -2.67. The van der Waals surface area contributed by atoms with Crippen LogP contribution in [0.25, 0.3) is 21.5 Å². The highest BCUT2D eigenvalue weighted by molar-refractivity contribution is 7.20. The van der Waals surface area contributed by atoms with E-state index in [-0.39, 0.29) is 23.1 Å². The van der Waals surface area contributed by atoms with Crippen LogP contribution >= 0.6 is 11.3 Å². The first-order chi connectivity index (χ1) is 13.7. The largest absolute Gasteiger partial charge is 0.369 e. The molecule has 7 heteroatoms. The van der Waals surface area contributed by atoms with E-state index in [0.29, 0.717) is 18.0 Å². The number of carbonyl (C=O) groups is 2. The summed E-state index contributed by atoms with van der Waals surface area (Å²) in [5.41, 5.74) is 7.15. The van der Waals surface area contributed by atoms with Crippen molar-refractivity contribution in [3.05, 3.63) is 41.3 Å². The van der Waals surface area contributed by atoms with Gasteiger partial charge in [0.2, 0.25) is 5.91 Å². The molecule has 1 saturated carbocycles. The molecule has 1 aromatic carbocycles. The second-order valence-electron chi connectivity index (χ2n) is 9.09. The first-order valence-electron chi connectivity index (χ1n) is 9.84. The van der Waals surface area contributed by atoms with Crippen molar-refractivity contribution in [2.45, 2.75) is 20.3 Å². The van der Waals surface area contributed by atoms with Crippen LogP contribution in [0, 0.1) is 16.7 Å². The highest BCUT2D eigenvalue weighted by atomic mass is 32.1. The fraction of sp³-hybridized carbons (Fsp3) is 0.409. The van der Waals surface area contributed by atoms with Crippen LogP contribution in [0.3, 0.4) is 0 Å². The number of primary amides is 1. The number of fused-ring (bicyclic) bond motifs is 2. The number of nitrogens with zero attached hydrogens (tertiary/aromatic N) is 3. The Labute approximate surface area is 173 Å². The molecule has 3 aromatic rings. The number of thiophene rings is 1. The van der Waals surface area contributed by atoms with Crippen molar-refractivity contribution in [2.24, 2.45) is 29.5 Å². The fourth-order valence-electron chi connectivity index (χ4n) is 5.49. The minimum Gasteiger partial charge on any atom is -0.369 e. The maximum Gasteiger partial charge on any atom is 0.264 e. The van der Waals surface area contributed by atoms with Gasteiger partial charge in [-0.2, -0.15) is 5.10 Å². The van der Waals surface area contributed by atoms with E-state index >= 15 is 0 Å². The van der Waals surface area contributed by atoms with Gasteiger partial charge in [-0.1, -0.05) is 44.2 Å². The van der Waals surface area contributed by atoms with E-state index in [1.54, 1.807) is 0 Å². The van der Waals surface area contributed by atoms with E-state index in [9.17, 15) is 9.59 Å². The number of carbonyl (C=O) groups excluding carboxylic acids is 2. The van der Waals surface area contributed by atoms with E-state index < -0.39 is 5.41 Å². The van der Waals surface area contributed by atoms with Crippen LogP contribution in [0.2, 0.25) is 0 Å². The smallest absolute Gasteiger partial charge is 0.264 e. The number of amides is 2. The lowest BCUT2D eigenvalue weighted by atomic mass is 9.48. The molecule has 29 heavy (non-hydrogen) atoms. The van der Waals surface area contributed by atoms with Crippen molar-refractivity contribution in [1.82, 2.24) is 14.7 Å². The first kappa shape index (κ1) is 18.4. The molecule has 1 aliphatic heterocycles. The Morgan fingerprint density at radius 3 is 2.59 bits per heavy atom. The standard InChI is InChI=1S/C22H24N4O2S/c1-21(2)11-22(20(23)28)12-26(10-16(21)22)18(27)15-9-14-17(13-7-5-4-6-8-13)24-25(3)19(14)29-15/h4-9,16H,10-12H2,1-3H3,(H2,23,28)/t16-,22+/m1/s1. The van der Waals surface area contributed by atoms with Crippen molar-refractivity contribution < 1.29 is 9.59 Å². The van der Waals surface area contributed by atoms with E-state index in [0.717, 1.165) is 27.9 Å². The Morgan fingerprint density at radius 2 is 1.97 bits per heavy atom. The molecule has 0 bridgehead atoms. The molecule has 2 fully saturated rings. The van der Waals surface area contributed by atoms with Gasteiger partial charge in [0.05, 0.1) is 10.3 Å². The molecule has 2 aromatic heterocycles. The van der Waals surface area contributed by atoms with E-state index in [2.05, 4.69) is 18.9 Å². The number of likely N-dealkylation sites (tertiary alicyclic amines) is 1. The fourth-order valence-corrected chi connectivity index (χ4v) is 6.53. The summed E-state index contributed by atoms with van der Waals surface area (Å²) in [7, 11) is 1.90. The summed E-state index contributed by atoms with van der Waals surface area (Å²) in [6.45, 7) is 5.33. The Balaban J connectivity index is 1.49. The van der Waals surface area contributed by atoms with Gasteiger partial charge in [0.1, 0.15) is 10.5 Å². The van der Waals surface area contributed by atoms with Crippen LogP contribution in [0.1, 0.15) is 29.9 Å². The highest BCUT2D eigenvalue weighted by Crippen LogP contribution is 2.62. The van der Waals surface area contributed by atoms with Crippen molar-refractivity contribution in [3.8, 4) is 11.3 Å².